The Bertz CT molecular complexity index is 4620. The summed E-state index contributed by atoms with van der Waals surface area (Å²) in [7, 11) is 1.44. The number of carboxylic acid groups (broad SMARTS) is 1. The van der Waals surface area contributed by atoms with Gasteiger partial charge in [0.25, 0.3) is 17.7 Å². The van der Waals surface area contributed by atoms with Crippen molar-refractivity contribution in [1.29, 1.82) is 0 Å². The number of amides is 8. The minimum Gasteiger partial charge on any atom is -0.494 e. The number of aromatic nitrogens is 10. The molecule has 0 saturated carbocycles. The molecule has 8 amide bonds. The number of aliphatic hydroxyl groups excluding tert-OH is 3. The summed E-state index contributed by atoms with van der Waals surface area (Å²) < 4.78 is 36.0. The summed E-state index contributed by atoms with van der Waals surface area (Å²) in [6.45, 7) is 8.38. The fraction of sp³-hybridized carbons (Fsp3) is 0.369. The van der Waals surface area contributed by atoms with Crippen LogP contribution in [0.15, 0.2) is 79.0 Å². The van der Waals surface area contributed by atoms with Crippen LogP contribution in [-0.2, 0) is 66.2 Å². The second kappa shape index (κ2) is 29.6. The number of ether oxygens (including phenoxy) is 5. The van der Waals surface area contributed by atoms with Crippen molar-refractivity contribution in [3.63, 3.8) is 0 Å². The van der Waals surface area contributed by atoms with Gasteiger partial charge in [-0.05, 0) is 88.1 Å². The van der Waals surface area contributed by atoms with E-state index in [0.29, 0.717) is 81.1 Å². The van der Waals surface area contributed by atoms with Crippen LogP contribution in [0.2, 0.25) is 0 Å². The molecule has 2 fully saturated rings. The van der Waals surface area contributed by atoms with Crippen LogP contribution in [0, 0.1) is 19.8 Å². The fourth-order valence-corrected chi connectivity index (χ4v) is 11.7. The summed E-state index contributed by atoms with van der Waals surface area (Å²) in [5.74, 6) is -4.33. The Morgan fingerprint density at radius 2 is 1.47 bits per heavy atom. The van der Waals surface area contributed by atoms with Gasteiger partial charge in [-0.25, -0.2) is 34.2 Å². The predicted octanol–water partition coefficient (Wildman–Crippen LogP) is 1.83. The Balaban J connectivity index is 0.791. The smallest absolute Gasteiger partial charge is 0.410 e. The third kappa shape index (κ3) is 14.8. The molecule has 0 spiro atoms. The molecule has 0 unspecified atom stereocenters. The summed E-state index contributed by atoms with van der Waals surface area (Å²) in [5, 5.41) is 59.1. The SMILES string of the molecule is CCn1nc(C)cc1C(=O)Nc1nc2cc(C(N)=O)cc(OC)c2n1C/C=C/Cn1c2nc(-c3nc(C)nn3CC)ncc2c2cc(C(N)=O)cc(OCCC3CN(C(=O)OCc4ccc(O[C@@H]5O[C@H](C(=O)O)[C@@H](O)[C@H](O)[C@H]5O)c(NC(=O)CCNC(=O)CCN5C(=O)C=CC5=O)c4)C3)c21. The summed E-state index contributed by atoms with van der Waals surface area (Å²) >= 11 is 0. The van der Waals surface area contributed by atoms with Crippen LogP contribution in [0.5, 0.6) is 17.2 Å². The van der Waals surface area contributed by atoms with Crippen molar-refractivity contribution in [2.75, 3.05) is 50.5 Å². The van der Waals surface area contributed by atoms with E-state index >= 15 is 0 Å². The number of likely N-dealkylation sites (tertiary alicyclic amines) is 1. The number of aliphatic carboxylic acids is 1. The van der Waals surface area contributed by atoms with Gasteiger partial charge in [-0.3, -0.25) is 48.5 Å². The van der Waals surface area contributed by atoms with Gasteiger partial charge in [0, 0.05) is 105 Å². The number of hydrogen-bond acceptors (Lipinski definition) is 23. The van der Waals surface area contributed by atoms with Crippen molar-refractivity contribution < 1.29 is 87.3 Å². The van der Waals surface area contributed by atoms with Crippen LogP contribution < -0.4 is 41.6 Å². The number of anilines is 2. The zero-order valence-corrected chi connectivity index (χ0v) is 54.7. The Morgan fingerprint density at radius 1 is 0.760 bits per heavy atom. The van der Waals surface area contributed by atoms with Gasteiger partial charge in [-0.1, -0.05) is 18.2 Å². The van der Waals surface area contributed by atoms with Crippen molar-refractivity contribution in [2.45, 2.75) is 110 Å². The second-order valence-corrected chi connectivity index (χ2v) is 23.6. The number of nitrogens with one attached hydrogen (secondary N) is 3. The number of carboxylic acids is 1. The number of carbonyl (C=O) groups is 9. The maximum atomic E-state index is 13.9. The molecule has 8 heterocycles. The first-order valence-corrected chi connectivity index (χ1v) is 31.7. The number of methoxy groups -OCH3 is 1. The maximum absolute atomic E-state index is 13.9. The van der Waals surface area contributed by atoms with E-state index in [9.17, 15) is 63.6 Å². The lowest BCUT2D eigenvalue weighted by atomic mass is 9.97. The third-order valence-electron chi connectivity index (χ3n) is 16.8. The fourth-order valence-electron chi connectivity index (χ4n) is 11.7. The first-order chi connectivity index (χ1) is 47.9. The average molecular weight is 1380 g/mol. The highest BCUT2D eigenvalue weighted by molar-refractivity contribution is 6.13. The summed E-state index contributed by atoms with van der Waals surface area (Å²) in [4.78, 5) is 136. The number of primary amides is 2. The van der Waals surface area contributed by atoms with Crippen LogP contribution in [0.3, 0.4) is 0 Å². The summed E-state index contributed by atoms with van der Waals surface area (Å²) in [5.41, 5.74) is 14.9. The molecule has 0 bridgehead atoms. The number of nitrogens with zero attached hydrogens (tertiary/aromatic N) is 12. The molecule has 3 aliphatic heterocycles. The van der Waals surface area contributed by atoms with E-state index in [1.807, 2.05) is 30.6 Å². The number of carbonyl (C=O) groups excluding carboxylic acids is 8. The standard InChI is InChI=1S/C65H71N17O18/c1-6-81-42(22-32(3)75-81)61(92)74-64-72-41-25-37(57(67)91)26-44(96-5)51(41)80(64)19-9-8-18-79-50-38(39-28-69-58(73-59(39)79)60-70-33(4)76-82(60)7-2)24-36(56(66)90)27-45(50)97-21-16-35-29-77(30-35)65(95)98-31-34-10-11-43(99-63-54(89)52(87)53(88)55(100-63)62(93)94)40(23-34)71-47(84)14-17-68-46(83)15-20-78-48(85)12-13-49(78)86/h8-13,22-28,35,52-55,63,87-89H,6-7,14-21,29-31H2,1-5H3,(H2,66,90)(H2,67,91)(H,68,83)(H,71,84)(H,93,94)(H,72,74,92)/b9-8+/t52-,53-,54+,55-,63+/m0/s1. The molecular formula is C65H71N17O18. The number of aryl methyl sites for hydroxylation is 4. The zero-order valence-electron chi connectivity index (χ0n) is 54.7. The van der Waals surface area contributed by atoms with Crippen LogP contribution in [0.25, 0.3) is 44.6 Å². The molecule has 5 aromatic heterocycles. The van der Waals surface area contributed by atoms with E-state index in [4.69, 9.17) is 50.1 Å². The van der Waals surface area contributed by atoms with Crippen LogP contribution in [-0.4, -0.2) is 203 Å². The number of aliphatic hydroxyl groups is 3. The molecule has 3 aliphatic rings. The first kappa shape index (κ1) is 69.7. The topological polar surface area (TPSA) is 472 Å². The highest BCUT2D eigenvalue weighted by atomic mass is 16.7. The van der Waals surface area contributed by atoms with Gasteiger partial charge in [0.05, 0.1) is 36.1 Å². The van der Waals surface area contributed by atoms with Gasteiger partial charge >= 0.3 is 12.1 Å². The van der Waals surface area contributed by atoms with Crippen molar-refractivity contribution in [1.82, 2.24) is 63.7 Å². The minimum atomic E-state index is -2.02. The largest absolute Gasteiger partial charge is 0.494 e. The number of imide groups is 1. The molecular weight excluding hydrogens is 1310 g/mol. The van der Waals surface area contributed by atoms with Gasteiger partial charge < -0.3 is 80.2 Å². The lowest BCUT2D eigenvalue weighted by Crippen LogP contribution is -2.61. The van der Waals surface area contributed by atoms with E-state index in [2.05, 4.69) is 31.1 Å². The maximum Gasteiger partial charge on any atom is 0.410 e. The quantitative estimate of drug-likeness (QED) is 0.0249. The molecule has 0 radical (unpaired) electrons. The van der Waals surface area contributed by atoms with Gasteiger partial charge in [0.1, 0.15) is 64.8 Å². The van der Waals surface area contributed by atoms with Crippen molar-refractivity contribution in [3.05, 3.63) is 113 Å². The van der Waals surface area contributed by atoms with Crippen molar-refractivity contribution >= 4 is 98.0 Å². The monoisotopic (exact) mass is 1380 g/mol. The molecule has 5 atom stereocenters. The van der Waals surface area contributed by atoms with Gasteiger partial charge in [-0.15, -0.1) is 0 Å². The molecule has 8 aromatic rings. The van der Waals surface area contributed by atoms with E-state index in [0.717, 1.165) is 17.1 Å². The van der Waals surface area contributed by atoms with Crippen LogP contribution in [0.4, 0.5) is 16.4 Å². The molecule has 11 rings (SSSR count). The number of rotatable bonds is 28. The third-order valence-corrected chi connectivity index (χ3v) is 16.8. The average Bonchev–Trinajstić information content (AvgIpc) is 1.54. The Kier molecular flexibility index (Phi) is 20.6. The molecule has 524 valence electrons. The van der Waals surface area contributed by atoms with E-state index < -0.39 is 84.1 Å². The summed E-state index contributed by atoms with van der Waals surface area (Å²) in [6, 6.07) is 12.0. The lowest BCUT2D eigenvalue weighted by Gasteiger charge is -2.38. The highest BCUT2D eigenvalue weighted by Crippen LogP contribution is 2.38. The number of allylic oxidation sites excluding steroid dienone is 2. The zero-order chi connectivity index (χ0) is 71.4. The predicted molar refractivity (Wildman–Crippen MR) is 351 cm³/mol. The summed E-state index contributed by atoms with van der Waals surface area (Å²) in [6.07, 6.45) is -3.17. The van der Waals surface area contributed by atoms with Crippen molar-refractivity contribution in [2.24, 2.45) is 17.4 Å². The Labute approximate surface area is 567 Å². The molecule has 0 aliphatic carbocycles. The number of fused-ring (bicyclic) bond motifs is 4. The van der Waals surface area contributed by atoms with Crippen LogP contribution in [0.1, 0.15) is 81.4 Å². The van der Waals surface area contributed by atoms with E-state index in [-0.39, 0.29) is 117 Å². The number of benzene rings is 3. The van der Waals surface area contributed by atoms with Crippen molar-refractivity contribution in [3.8, 4) is 28.9 Å². The number of imidazole rings is 1. The normalized spacial score (nSPS) is 17.7. The lowest BCUT2D eigenvalue weighted by molar-refractivity contribution is -0.271. The Morgan fingerprint density at radius 3 is 2.17 bits per heavy atom. The van der Waals surface area contributed by atoms with E-state index in [1.165, 1.54) is 42.3 Å². The van der Waals surface area contributed by atoms with Gasteiger partial charge in [-0.2, -0.15) is 10.2 Å². The minimum absolute atomic E-state index is 0.0756. The van der Waals surface area contributed by atoms with Crippen LogP contribution >= 0.6 is 0 Å². The Hall–Kier alpha value is -11.7. The molecule has 11 N–H and O–H groups in total. The van der Waals surface area contributed by atoms with Gasteiger partial charge in [0.15, 0.2) is 17.8 Å². The molecule has 35 heteroatoms. The number of nitrogens with two attached hydrogens (primary N) is 2. The first-order valence-electron chi connectivity index (χ1n) is 31.7. The second-order valence-electron chi connectivity index (χ2n) is 23.6. The highest BCUT2D eigenvalue weighted by Gasteiger charge is 2.48. The van der Waals surface area contributed by atoms with Gasteiger partial charge in [0.2, 0.25) is 35.9 Å². The number of hydrogen-bond donors (Lipinski definition) is 9. The molecule has 100 heavy (non-hydrogen) atoms. The molecule has 3 aromatic carbocycles. The van der Waals surface area contributed by atoms with E-state index in [1.54, 1.807) is 52.2 Å². The molecule has 35 nitrogen and oxygen atoms in total. The molecule has 2 saturated heterocycles.